The van der Waals surface area contributed by atoms with Gasteiger partial charge in [0.1, 0.15) is 4.90 Å². The number of sulfonamides is 1. The fraction of sp³-hybridized carbons (Fsp3) is 0.0435. The van der Waals surface area contributed by atoms with Crippen LogP contribution in [0.2, 0.25) is 5.02 Å². The van der Waals surface area contributed by atoms with Gasteiger partial charge in [-0.05, 0) is 30.3 Å². The summed E-state index contributed by atoms with van der Waals surface area (Å²) in [5.74, 6) is -0.0476. The zero-order valence-electron chi connectivity index (χ0n) is 17.4. The molecule has 0 saturated heterocycles. The van der Waals surface area contributed by atoms with E-state index in [1.54, 1.807) is 60.5 Å². The predicted molar refractivity (Wildman–Crippen MR) is 131 cm³/mol. The van der Waals surface area contributed by atoms with Gasteiger partial charge in [0.05, 0.1) is 26.4 Å². The third-order valence-corrected chi connectivity index (χ3v) is 7.48. The van der Waals surface area contributed by atoms with Crippen LogP contribution in [0.5, 0.6) is 5.88 Å². The smallest absolute Gasteiger partial charge is 0.264 e. The van der Waals surface area contributed by atoms with Crippen LogP contribution in [0.15, 0.2) is 89.7 Å². The monoisotopic (exact) mass is 509 g/mol. The Kier molecular flexibility index (Phi) is 6.10. The summed E-state index contributed by atoms with van der Waals surface area (Å²) in [4.78, 5) is 18.1. The lowest BCUT2D eigenvalue weighted by Gasteiger charge is -2.19. The van der Waals surface area contributed by atoms with Gasteiger partial charge in [0.2, 0.25) is 5.82 Å². The van der Waals surface area contributed by atoms with Crippen molar-refractivity contribution in [3.05, 3.63) is 100 Å². The van der Waals surface area contributed by atoms with Crippen LogP contribution in [0.4, 0.5) is 5.82 Å². The first-order chi connectivity index (χ1) is 16.5. The van der Waals surface area contributed by atoms with E-state index in [0.29, 0.717) is 11.0 Å². The molecular weight excluding hydrogens is 494 g/mol. The molecule has 3 heterocycles. The van der Waals surface area contributed by atoms with Crippen LogP contribution in [-0.4, -0.2) is 28.4 Å². The van der Waals surface area contributed by atoms with Gasteiger partial charge in [-0.15, -0.1) is 11.3 Å². The number of halogens is 1. The highest BCUT2D eigenvalue weighted by molar-refractivity contribution is 7.92. The second-order valence-electron chi connectivity index (χ2n) is 7.09. The van der Waals surface area contributed by atoms with E-state index in [1.165, 1.54) is 23.5 Å². The molecule has 3 aromatic heterocycles. The van der Waals surface area contributed by atoms with Crippen molar-refractivity contribution in [2.75, 3.05) is 4.72 Å². The van der Waals surface area contributed by atoms with Crippen molar-refractivity contribution in [2.24, 2.45) is 0 Å². The van der Waals surface area contributed by atoms with E-state index in [0.717, 1.165) is 10.4 Å². The molecule has 0 bridgehead atoms. The minimum absolute atomic E-state index is 0.0107. The molecule has 2 aromatic carbocycles. The number of ether oxygens (including phenoxy) is 1. The van der Waals surface area contributed by atoms with E-state index in [-0.39, 0.29) is 21.6 Å². The van der Waals surface area contributed by atoms with E-state index in [2.05, 4.69) is 24.7 Å². The Morgan fingerprint density at radius 3 is 2.38 bits per heavy atom. The standard InChI is InChI=1S/C23H16ClN5O3S2/c24-16-7-1-4-10-20(16)34(30,31)29-22-23(28-18-9-3-2-8-17(18)27-22)32-21(19-13-26-14-33-19)15-6-5-11-25-12-15/h1-14,21H,(H,27,29). The first kappa shape index (κ1) is 22.2. The molecule has 0 saturated carbocycles. The Morgan fingerprint density at radius 2 is 1.68 bits per heavy atom. The summed E-state index contributed by atoms with van der Waals surface area (Å²) in [7, 11) is -4.08. The Hall–Kier alpha value is -3.60. The van der Waals surface area contributed by atoms with E-state index in [1.807, 2.05) is 12.1 Å². The van der Waals surface area contributed by atoms with Crippen molar-refractivity contribution in [1.82, 2.24) is 19.9 Å². The SMILES string of the molecule is O=S(=O)(Nc1nc2ccccc2nc1OC(c1cccnc1)c1cncs1)c1ccccc1Cl. The molecule has 1 atom stereocenters. The number of nitrogens with zero attached hydrogens (tertiary/aromatic N) is 4. The van der Waals surface area contributed by atoms with Gasteiger partial charge in [-0.1, -0.05) is 41.9 Å². The molecule has 34 heavy (non-hydrogen) atoms. The molecule has 5 rings (SSSR count). The van der Waals surface area contributed by atoms with Crippen molar-refractivity contribution in [3.8, 4) is 5.88 Å². The highest BCUT2D eigenvalue weighted by atomic mass is 35.5. The Balaban J connectivity index is 1.61. The minimum atomic E-state index is -4.08. The quantitative estimate of drug-likeness (QED) is 0.325. The van der Waals surface area contributed by atoms with Crippen LogP contribution in [0.3, 0.4) is 0 Å². The first-order valence-corrected chi connectivity index (χ1v) is 12.7. The molecule has 11 heteroatoms. The number of hydrogen-bond donors (Lipinski definition) is 1. The molecule has 8 nitrogen and oxygen atoms in total. The van der Waals surface area contributed by atoms with Crippen LogP contribution < -0.4 is 9.46 Å². The summed E-state index contributed by atoms with van der Waals surface area (Å²) in [6.45, 7) is 0. The molecular formula is C23H16ClN5O3S2. The highest BCUT2D eigenvalue weighted by Gasteiger charge is 2.25. The summed E-state index contributed by atoms with van der Waals surface area (Å²) < 4.78 is 35.1. The van der Waals surface area contributed by atoms with E-state index >= 15 is 0 Å². The number of fused-ring (bicyclic) bond motifs is 1. The Labute approximate surface area is 204 Å². The maximum atomic E-state index is 13.2. The number of anilines is 1. The Morgan fingerprint density at radius 1 is 0.912 bits per heavy atom. The number of benzene rings is 2. The summed E-state index contributed by atoms with van der Waals surface area (Å²) >= 11 is 7.54. The Bertz CT molecular complexity index is 1550. The topological polar surface area (TPSA) is 107 Å². The number of thiazole rings is 1. The molecule has 5 aromatic rings. The number of nitrogens with one attached hydrogen (secondary N) is 1. The number of rotatable bonds is 7. The van der Waals surface area contributed by atoms with Crippen molar-refractivity contribution in [2.45, 2.75) is 11.0 Å². The molecule has 1 unspecified atom stereocenters. The van der Waals surface area contributed by atoms with Gasteiger partial charge < -0.3 is 4.74 Å². The summed E-state index contributed by atoms with van der Waals surface area (Å²) in [6.07, 6.45) is 4.39. The van der Waals surface area contributed by atoms with Crippen LogP contribution in [0.1, 0.15) is 16.5 Å². The van der Waals surface area contributed by atoms with Crippen molar-refractivity contribution in [3.63, 3.8) is 0 Å². The van der Waals surface area contributed by atoms with Gasteiger partial charge in [-0.3, -0.25) is 14.7 Å². The van der Waals surface area contributed by atoms with Crippen LogP contribution >= 0.6 is 22.9 Å². The maximum absolute atomic E-state index is 13.2. The lowest BCUT2D eigenvalue weighted by Crippen LogP contribution is -2.17. The van der Waals surface area contributed by atoms with Crippen molar-refractivity contribution >= 4 is 49.8 Å². The molecule has 0 amide bonds. The number of pyridine rings is 1. The average Bonchev–Trinajstić information content (AvgIpc) is 3.38. The largest absolute Gasteiger partial charge is 0.461 e. The summed E-state index contributed by atoms with van der Waals surface area (Å²) in [5.41, 5.74) is 3.49. The van der Waals surface area contributed by atoms with Gasteiger partial charge >= 0.3 is 0 Å². The average molecular weight is 510 g/mol. The van der Waals surface area contributed by atoms with Crippen molar-refractivity contribution in [1.29, 1.82) is 0 Å². The fourth-order valence-corrected chi connectivity index (χ4v) is 5.46. The molecule has 0 aliphatic rings. The normalized spacial score (nSPS) is 12.4. The van der Waals surface area contributed by atoms with E-state index in [9.17, 15) is 8.42 Å². The fourth-order valence-electron chi connectivity index (χ4n) is 3.27. The lowest BCUT2D eigenvalue weighted by atomic mass is 10.1. The molecule has 0 aliphatic carbocycles. The second-order valence-corrected chi connectivity index (χ2v) is 10.1. The molecule has 0 aliphatic heterocycles. The zero-order chi connectivity index (χ0) is 23.5. The second kappa shape index (κ2) is 9.34. The van der Waals surface area contributed by atoms with E-state index < -0.39 is 16.1 Å². The van der Waals surface area contributed by atoms with Crippen LogP contribution in [-0.2, 0) is 10.0 Å². The molecule has 170 valence electrons. The van der Waals surface area contributed by atoms with Gasteiger partial charge in [0, 0.05) is 24.2 Å². The molecule has 1 N–H and O–H groups in total. The molecule has 0 fully saturated rings. The van der Waals surface area contributed by atoms with Crippen LogP contribution in [0, 0.1) is 0 Å². The zero-order valence-corrected chi connectivity index (χ0v) is 19.8. The number of para-hydroxylation sites is 2. The number of aromatic nitrogens is 4. The minimum Gasteiger partial charge on any atom is -0.461 e. The van der Waals surface area contributed by atoms with Gasteiger partial charge in [0.25, 0.3) is 15.9 Å². The van der Waals surface area contributed by atoms with Gasteiger partial charge in [-0.25, -0.2) is 18.4 Å². The molecule has 0 radical (unpaired) electrons. The van der Waals surface area contributed by atoms with Gasteiger partial charge in [-0.2, -0.15) is 0 Å². The van der Waals surface area contributed by atoms with Gasteiger partial charge in [0.15, 0.2) is 6.10 Å². The summed E-state index contributed by atoms with van der Waals surface area (Å²) in [6, 6.07) is 16.9. The highest BCUT2D eigenvalue weighted by Crippen LogP contribution is 2.34. The first-order valence-electron chi connectivity index (χ1n) is 10.0. The number of hydrogen-bond acceptors (Lipinski definition) is 8. The predicted octanol–water partition coefficient (Wildman–Crippen LogP) is 5.10. The molecule has 0 spiro atoms. The third-order valence-electron chi connectivity index (χ3n) is 4.82. The summed E-state index contributed by atoms with van der Waals surface area (Å²) in [5, 5.41) is 0.0871. The third kappa shape index (κ3) is 4.56. The lowest BCUT2D eigenvalue weighted by molar-refractivity contribution is 0.242. The van der Waals surface area contributed by atoms with E-state index in [4.69, 9.17) is 16.3 Å². The van der Waals surface area contributed by atoms with Crippen LogP contribution in [0.25, 0.3) is 11.0 Å². The maximum Gasteiger partial charge on any atom is 0.264 e. The van der Waals surface area contributed by atoms with Crippen molar-refractivity contribution < 1.29 is 13.2 Å².